The Hall–Kier alpha value is -1.62. The van der Waals surface area contributed by atoms with Gasteiger partial charge in [-0.05, 0) is 43.7 Å². The molecule has 1 saturated carbocycles. The van der Waals surface area contributed by atoms with Crippen molar-refractivity contribution in [1.82, 2.24) is 15.0 Å². The van der Waals surface area contributed by atoms with E-state index >= 15 is 0 Å². The molecule has 0 radical (unpaired) electrons. The highest BCUT2D eigenvalue weighted by Gasteiger charge is 2.27. The minimum absolute atomic E-state index is 0.557. The summed E-state index contributed by atoms with van der Waals surface area (Å²) >= 11 is 1.58. The Labute approximate surface area is 117 Å². The summed E-state index contributed by atoms with van der Waals surface area (Å²) in [7, 11) is 0. The summed E-state index contributed by atoms with van der Waals surface area (Å²) in [6, 6.07) is 7.90. The van der Waals surface area contributed by atoms with Gasteiger partial charge in [-0.3, -0.25) is 0 Å². The van der Waals surface area contributed by atoms with E-state index < -0.39 is 0 Å². The molecule has 2 heterocycles. The van der Waals surface area contributed by atoms with Crippen molar-refractivity contribution in [3.05, 3.63) is 36.3 Å². The lowest BCUT2D eigenvalue weighted by molar-refractivity contribution is 0.875. The molecule has 1 N–H and O–H groups in total. The van der Waals surface area contributed by atoms with Crippen molar-refractivity contribution < 1.29 is 0 Å². The molecule has 1 aliphatic rings. The van der Waals surface area contributed by atoms with Crippen LogP contribution < -0.4 is 5.32 Å². The fourth-order valence-corrected chi connectivity index (χ4v) is 2.59. The van der Waals surface area contributed by atoms with Crippen LogP contribution in [0.4, 0.5) is 5.82 Å². The molecule has 5 heteroatoms. The summed E-state index contributed by atoms with van der Waals surface area (Å²) in [5, 5.41) is 5.20. The molecule has 3 rings (SSSR count). The van der Waals surface area contributed by atoms with Crippen LogP contribution in [0.1, 0.15) is 31.5 Å². The van der Waals surface area contributed by atoms with Crippen LogP contribution in [0.2, 0.25) is 0 Å². The van der Waals surface area contributed by atoms with E-state index in [2.05, 4.69) is 27.2 Å². The van der Waals surface area contributed by atoms with Crippen LogP contribution in [0.25, 0.3) is 0 Å². The van der Waals surface area contributed by atoms with Gasteiger partial charge in [0.1, 0.15) is 21.7 Å². The van der Waals surface area contributed by atoms with Crippen LogP contribution >= 0.6 is 11.8 Å². The first-order valence-electron chi connectivity index (χ1n) is 6.57. The van der Waals surface area contributed by atoms with Crippen LogP contribution in [-0.4, -0.2) is 21.5 Å². The molecule has 0 aliphatic heterocycles. The summed E-state index contributed by atoms with van der Waals surface area (Å²) in [5.74, 6) is 2.44. The Balaban J connectivity index is 1.86. The third-order valence-corrected chi connectivity index (χ3v) is 3.74. The van der Waals surface area contributed by atoms with E-state index in [1.165, 1.54) is 12.8 Å². The van der Waals surface area contributed by atoms with Gasteiger partial charge in [-0.2, -0.15) is 0 Å². The average Bonchev–Trinajstić information content (AvgIpc) is 3.24. The van der Waals surface area contributed by atoms with E-state index in [1.54, 1.807) is 18.0 Å². The molecule has 0 aromatic carbocycles. The molecular weight excluding hydrogens is 256 g/mol. The van der Waals surface area contributed by atoms with Crippen LogP contribution in [0.15, 0.2) is 40.5 Å². The number of anilines is 1. The molecular formula is C14H16N4S. The zero-order chi connectivity index (χ0) is 13.1. The summed E-state index contributed by atoms with van der Waals surface area (Å²) in [6.07, 6.45) is 4.23. The van der Waals surface area contributed by atoms with Crippen molar-refractivity contribution in [2.45, 2.75) is 35.7 Å². The second-order valence-electron chi connectivity index (χ2n) is 4.52. The van der Waals surface area contributed by atoms with Crippen molar-refractivity contribution in [2.24, 2.45) is 0 Å². The minimum atomic E-state index is 0.557. The molecule has 0 unspecified atom stereocenters. The molecule has 2 aromatic heterocycles. The Morgan fingerprint density at radius 2 is 2.16 bits per heavy atom. The Kier molecular flexibility index (Phi) is 3.64. The van der Waals surface area contributed by atoms with Gasteiger partial charge in [-0.25, -0.2) is 15.0 Å². The van der Waals surface area contributed by atoms with E-state index in [1.807, 2.05) is 24.3 Å². The van der Waals surface area contributed by atoms with Crippen molar-refractivity contribution in [1.29, 1.82) is 0 Å². The predicted octanol–water partition coefficient (Wildman–Crippen LogP) is 3.33. The van der Waals surface area contributed by atoms with Gasteiger partial charge < -0.3 is 5.32 Å². The number of hydrogen-bond donors (Lipinski definition) is 1. The fourth-order valence-electron chi connectivity index (χ4n) is 1.81. The lowest BCUT2D eigenvalue weighted by atomic mass is 10.4. The Morgan fingerprint density at radius 1 is 1.26 bits per heavy atom. The standard InChI is InChI=1S/C14H16N4S/c1-2-15-11-9-13(18-14(17-11)10-6-7-10)19-12-5-3-4-8-16-12/h3-5,8-10H,2,6-7H2,1H3,(H,15,17,18). The highest BCUT2D eigenvalue weighted by molar-refractivity contribution is 7.99. The molecule has 19 heavy (non-hydrogen) atoms. The first-order valence-corrected chi connectivity index (χ1v) is 7.38. The molecule has 0 atom stereocenters. The zero-order valence-electron chi connectivity index (χ0n) is 10.8. The van der Waals surface area contributed by atoms with Crippen LogP contribution in [0.3, 0.4) is 0 Å². The third-order valence-electron chi connectivity index (χ3n) is 2.87. The van der Waals surface area contributed by atoms with Crippen LogP contribution in [0, 0.1) is 0 Å². The number of aromatic nitrogens is 3. The highest BCUT2D eigenvalue weighted by Crippen LogP contribution is 2.39. The van der Waals surface area contributed by atoms with Gasteiger partial charge in [0.25, 0.3) is 0 Å². The van der Waals surface area contributed by atoms with E-state index in [-0.39, 0.29) is 0 Å². The topological polar surface area (TPSA) is 50.7 Å². The van der Waals surface area contributed by atoms with Crippen molar-refractivity contribution in [3.8, 4) is 0 Å². The number of nitrogens with one attached hydrogen (secondary N) is 1. The number of rotatable bonds is 5. The van der Waals surface area contributed by atoms with E-state index in [0.29, 0.717) is 5.92 Å². The number of pyridine rings is 1. The summed E-state index contributed by atoms with van der Waals surface area (Å²) in [5.41, 5.74) is 0. The number of nitrogens with zero attached hydrogens (tertiary/aromatic N) is 3. The summed E-state index contributed by atoms with van der Waals surface area (Å²) in [6.45, 7) is 2.94. The molecule has 0 spiro atoms. The first-order chi connectivity index (χ1) is 9.35. The maximum Gasteiger partial charge on any atom is 0.135 e. The van der Waals surface area contributed by atoms with Crippen molar-refractivity contribution in [2.75, 3.05) is 11.9 Å². The average molecular weight is 272 g/mol. The highest BCUT2D eigenvalue weighted by atomic mass is 32.2. The second kappa shape index (κ2) is 5.57. The van der Waals surface area contributed by atoms with Gasteiger partial charge in [-0.1, -0.05) is 6.07 Å². The quantitative estimate of drug-likeness (QED) is 0.846. The van der Waals surface area contributed by atoms with E-state index in [0.717, 1.165) is 28.2 Å². The summed E-state index contributed by atoms with van der Waals surface area (Å²) in [4.78, 5) is 13.5. The van der Waals surface area contributed by atoms with Gasteiger partial charge >= 0.3 is 0 Å². The fraction of sp³-hybridized carbons (Fsp3) is 0.357. The Bertz CT molecular complexity index is 555. The van der Waals surface area contributed by atoms with Gasteiger partial charge in [-0.15, -0.1) is 0 Å². The minimum Gasteiger partial charge on any atom is -0.370 e. The molecule has 0 bridgehead atoms. The molecule has 0 amide bonds. The zero-order valence-corrected chi connectivity index (χ0v) is 11.7. The smallest absolute Gasteiger partial charge is 0.135 e. The number of hydrogen-bond acceptors (Lipinski definition) is 5. The van der Waals surface area contributed by atoms with Crippen LogP contribution in [-0.2, 0) is 0 Å². The SMILES string of the molecule is CCNc1cc(Sc2ccccn2)nc(C2CC2)n1. The van der Waals surface area contributed by atoms with E-state index in [4.69, 9.17) is 0 Å². The summed E-state index contributed by atoms with van der Waals surface area (Å²) < 4.78 is 0. The first kappa shape index (κ1) is 12.4. The molecule has 4 nitrogen and oxygen atoms in total. The Morgan fingerprint density at radius 3 is 2.84 bits per heavy atom. The van der Waals surface area contributed by atoms with Gasteiger partial charge in [0, 0.05) is 24.7 Å². The van der Waals surface area contributed by atoms with Gasteiger partial charge in [0.05, 0.1) is 0 Å². The normalized spacial score (nSPS) is 14.4. The third kappa shape index (κ3) is 3.23. The van der Waals surface area contributed by atoms with Crippen molar-refractivity contribution in [3.63, 3.8) is 0 Å². The predicted molar refractivity (Wildman–Crippen MR) is 76.5 cm³/mol. The lowest BCUT2D eigenvalue weighted by Crippen LogP contribution is -2.03. The van der Waals surface area contributed by atoms with Crippen LogP contribution in [0.5, 0.6) is 0 Å². The molecule has 2 aromatic rings. The molecule has 98 valence electrons. The largest absolute Gasteiger partial charge is 0.370 e. The van der Waals surface area contributed by atoms with Gasteiger partial charge in [0.2, 0.25) is 0 Å². The monoisotopic (exact) mass is 272 g/mol. The van der Waals surface area contributed by atoms with Gasteiger partial charge in [0.15, 0.2) is 0 Å². The molecule has 1 aliphatic carbocycles. The molecule has 0 saturated heterocycles. The second-order valence-corrected chi connectivity index (χ2v) is 5.56. The van der Waals surface area contributed by atoms with E-state index in [9.17, 15) is 0 Å². The van der Waals surface area contributed by atoms with Crippen molar-refractivity contribution >= 4 is 17.6 Å². The maximum absolute atomic E-state index is 4.64. The maximum atomic E-state index is 4.64. The molecule has 1 fully saturated rings. The lowest BCUT2D eigenvalue weighted by Gasteiger charge is -2.07.